The molecule has 0 radical (unpaired) electrons. The predicted molar refractivity (Wildman–Crippen MR) is 71.4 cm³/mol. The molecule has 0 aliphatic carbocycles. The van der Waals surface area contributed by atoms with Crippen molar-refractivity contribution in [2.75, 3.05) is 13.6 Å². The first kappa shape index (κ1) is 15.9. The largest absolute Gasteiger partial charge is 0.342 e. The molecule has 1 amide bonds. The fourth-order valence-electron chi connectivity index (χ4n) is 1.72. The summed E-state index contributed by atoms with van der Waals surface area (Å²) in [5, 5.41) is 0. The second kappa shape index (κ2) is 5.88. The number of carbonyl (C=O) groups excluding carboxylic acids is 1. The molecule has 0 fully saturated rings. The van der Waals surface area contributed by atoms with Crippen LogP contribution in [0.4, 0.5) is 4.39 Å². The van der Waals surface area contributed by atoms with Gasteiger partial charge in [-0.05, 0) is 31.0 Å². The van der Waals surface area contributed by atoms with Crippen molar-refractivity contribution in [1.29, 1.82) is 0 Å². The molecular weight excluding hydrogens is 293 g/mol. The molecule has 0 aliphatic heterocycles. The first-order chi connectivity index (χ1) is 8.68. The molecule has 0 aliphatic rings. The molecule has 19 heavy (non-hydrogen) atoms. The van der Waals surface area contributed by atoms with E-state index in [9.17, 15) is 17.6 Å². The zero-order valence-electron chi connectivity index (χ0n) is 10.9. The number of hydrogen-bond acceptors (Lipinski definition) is 3. The smallest absolute Gasteiger partial charge is 0.261 e. The Morgan fingerprint density at radius 3 is 2.47 bits per heavy atom. The summed E-state index contributed by atoms with van der Waals surface area (Å²) in [4.78, 5) is 13.1. The van der Waals surface area contributed by atoms with E-state index in [1.54, 1.807) is 0 Å². The van der Waals surface area contributed by atoms with Crippen molar-refractivity contribution in [1.82, 2.24) is 4.90 Å². The van der Waals surface area contributed by atoms with E-state index in [2.05, 4.69) is 0 Å². The van der Waals surface area contributed by atoms with Crippen LogP contribution in [0.1, 0.15) is 29.3 Å². The molecule has 0 saturated carbocycles. The first-order valence-electron chi connectivity index (χ1n) is 5.68. The van der Waals surface area contributed by atoms with Crippen molar-refractivity contribution < 1.29 is 17.6 Å². The Kier molecular flexibility index (Phi) is 4.92. The number of halogens is 2. The van der Waals surface area contributed by atoms with Crippen LogP contribution >= 0.6 is 10.7 Å². The summed E-state index contributed by atoms with van der Waals surface area (Å²) in [6, 6.07) is 1.99. The highest BCUT2D eigenvalue weighted by molar-refractivity contribution is 8.13. The van der Waals surface area contributed by atoms with E-state index in [0.29, 0.717) is 6.54 Å². The quantitative estimate of drug-likeness (QED) is 0.803. The fraction of sp³-hybridized carbons (Fsp3) is 0.417. The summed E-state index contributed by atoms with van der Waals surface area (Å²) >= 11 is 0. The average molecular weight is 308 g/mol. The molecule has 0 N–H and O–H groups in total. The minimum Gasteiger partial charge on any atom is -0.342 e. The lowest BCUT2D eigenvalue weighted by atomic mass is 10.1. The van der Waals surface area contributed by atoms with Gasteiger partial charge < -0.3 is 4.90 Å². The lowest BCUT2D eigenvalue weighted by Gasteiger charge is -2.17. The molecular formula is C12H15ClFNO3S. The van der Waals surface area contributed by atoms with E-state index >= 15 is 0 Å². The van der Waals surface area contributed by atoms with Crippen LogP contribution in [0.25, 0.3) is 0 Å². The van der Waals surface area contributed by atoms with E-state index in [1.807, 2.05) is 6.92 Å². The summed E-state index contributed by atoms with van der Waals surface area (Å²) in [6.45, 7) is 3.75. The summed E-state index contributed by atoms with van der Waals surface area (Å²) in [5.74, 6) is -1.32. The zero-order chi connectivity index (χ0) is 14.8. The Morgan fingerprint density at radius 2 is 2.00 bits per heavy atom. The van der Waals surface area contributed by atoms with Gasteiger partial charge >= 0.3 is 0 Å². The monoisotopic (exact) mass is 307 g/mol. The third-order valence-electron chi connectivity index (χ3n) is 2.66. The Hall–Kier alpha value is -1.14. The molecule has 0 aromatic heterocycles. The molecule has 1 aromatic rings. The molecule has 0 heterocycles. The molecule has 0 bridgehead atoms. The van der Waals surface area contributed by atoms with Gasteiger partial charge in [-0.25, -0.2) is 12.8 Å². The summed E-state index contributed by atoms with van der Waals surface area (Å²) in [5.41, 5.74) is -0.122. The van der Waals surface area contributed by atoms with E-state index in [-0.39, 0.29) is 16.0 Å². The lowest BCUT2D eigenvalue weighted by Crippen LogP contribution is -2.28. The van der Waals surface area contributed by atoms with Gasteiger partial charge in [0.05, 0.1) is 10.5 Å². The predicted octanol–water partition coefficient (Wildman–Crippen LogP) is 2.54. The van der Waals surface area contributed by atoms with Crippen molar-refractivity contribution in [2.24, 2.45) is 0 Å². The Balaban J connectivity index is 3.34. The van der Waals surface area contributed by atoms with Gasteiger partial charge in [0, 0.05) is 24.3 Å². The fourth-order valence-corrected chi connectivity index (χ4v) is 2.92. The zero-order valence-corrected chi connectivity index (χ0v) is 12.5. The van der Waals surface area contributed by atoms with E-state index in [4.69, 9.17) is 10.7 Å². The standard InChI is InChI=1S/C12H15ClFNO3S/c1-4-5-15(3)12(16)9-7-11(19(13,17)18)8(2)6-10(9)14/h6-7H,4-5H2,1-3H3. The minimum atomic E-state index is -4.01. The maximum absolute atomic E-state index is 13.8. The third kappa shape index (κ3) is 3.67. The second-order valence-electron chi connectivity index (χ2n) is 4.26. The average Bonchev–Trinajstić information content (AvgIpc) is 2.26. The molecule has 1 aromatic carbocycles. The maximum Gasteiger partial charge on any atom is 0.261 e. The van der Waals surface area contributed by atoms with Gasteiger partial charge in [-0.2, -0.15) is 0 Å². The van der Waals surface area contributed by atoms with Crippen LogP contribution in [0.3, 0.4) is 0 Å². The molecule has 4 nitrogen and oxygen atoms in total. The molecule has 106 valence electrons. The highest BCUT2D eigenvalue weighted by Crippen LogP contribution is 2.24. The van der Waals surface area contributed by atoms with Gasteiger partial charge in [0.15, 0.2) is 0 Å². The summed E-state index contributed by atoms with van der Waals surface area (Å²) in [7, 11) is 2.78. The van der Waals surface area contributed by atoms with Crippen molar-refractivity contribution >= 4 is 25.6 Å². The highest BCUT2D eigenvalue weighted by atomic mass is 35.7. The topological polar surface area (TPSA) is 54.5 Å². The normalized spacial score (nSPS) is 11.4. The van der Waals surface area contributed by atoms with Gasteiger partial charge in [-0.1, -0.05) is 6.92 Å². The highest BCUT2D eigenvalue weighted by Gasteiger charge is 2.22. The van der Waals surface area contributed by atoms with Crippen LogP contribution in [0.5, 0.6) is 0 Å². The van der Waals surface area contributed by atoms with Crippen LogP contribution in [-0.2, 0) is 9.05 Å². The number of nitrogens with zero attached hydrogens (tertiary/aromatic N) is 1. The second-order valence-corrected chi connectivity index (χ2v) is 6.80. The van der Waals surface area contributed by atoms with E-state index in [0.717, 1.165) is 18.6 Å². The van der Waals surface area contributed by atoms with Gasteiger partial charge in [0.1, 0.15) is 5.82 Å². The van der Waals surface area contributed by atoms with E-state index < -0.39 is 20.8 Å². The van der Waals surface area contributed by atoms with Crippen LogP contribution in [0.2, 0.25) is 0 Å². The number of amides is 1. The minimum absolute atomic E-state index is 0.169. The molecule has 7 heteroatoms. The van der Waals surface area contributed by atoms with Crippen molar-refractivity contribution in [3.8, 4) is 0 Å². The Labute approximate surface area is 116 Å². The molecule has 0 atom stereocenters. The number of carbonyl (C=O) groups is 1. The number of hydrogen-bond donors (Lipinski definition) is 0. The molecule has 0 spiro atoms. The SMILES string of the molecule is CCCN(C)C(=O)c1cc(S(=O)(=O)Cl)c(C)cc1F. The summed E-state index contributed by atoms with van der Waals surface area (Å²) in [6.07, 6.45) is 0.719. The Bertz CT molecular complexity index is 601. The van der Waals surface area contributed by atoms with Crippen LogP contribution in [0, 0.1) is 12.7 Å². The molecule has 0 saturated heterocycles. The van der Waals surface area contributed by atoms with Gasteiger partial charge in [-0.3, -0.25) is 4.79 Å². The molecule has 1 rings (SSSR count). The van der Waals surface area contributed by atoms with Crippen molar-refractivity contribution in [3.05, 3.63) is 29.1 Å². The van der Waals surface area contributed by atoms with E-state index in [1.165, 1.54) is 18.9 Å². The Morgan fingerprint density at radius 1 is 1.42 bits per heavy atom. The summed E-state index contributed by atoms with van der Waals surface area (Å²) < 4.78 is 36.5. The number of aryl methyl sites for hydroxylation is 1. The van der Waals surface area contributed by atoms with Crippen LogP contribution < -0.4 is 0 Å². The maximum atomic E-state index is 13.8. The number of benzene rings is 1. The third-order valence-corrected chi connectivity index (χ3v) is 4.13. The number of rotatable bonds is 4. The van der Waals surface area contributed by atoms with Crippen LogP contribution in [-0.4, -0.2) is 32.8 Å². The first-order valence-corrected chi connectivity index (χ1v) is 7.99. The van der Waals surface area contributed by atoms with Crippen molar-refractivity contribution in [2.45, 2.75) is 25.2 Å². The van der Waals surface area contributed by atoms with Gasteiger partial charge in [0.2, 0.25) is 0 Å². The van der Waals surface area contributed by atoms with Crippen LogP contribution in [0.15, 0.2) is 17.0 Å². The lowest BCUT2D eigenvalue weighted by molar-refractivity contribution is 0.0790. The molecule has 0 unspecified atom stereocenters. The van der Waals surface area contributed by atoms with Crippen molar-refractivity contribution in [3.63, 3.8) is 0 Å². The van der Waals surface area contributed by atoms with Gasteiger partial charge in [-0.15, -0.1) is 0 Å². The van der Waals surface area contributed by atoms with Gasteiger partial charge in [0.25, 0.3) is 15.0 Å².